The topological polar surface area (TPSA) is 12.5 Å². The molecule has 1 aliphatic carbocycles. The van der Waals surface area contributed by atoms with E-state index < -0.39 is 5.60 Å². The van der Waals surface area contributed by atoms with Gasteiger partial charge < -0.3 is 9.64 Å². The molecule has 7 aromatic rings. The Kier molecular flexibility index (Phi) is 6.40. The SMILES string of the molecule is Cc1ccc2c(c1)C(C)(C)c1c3c(c4ccccc4c1-2)OC(c1ccc(N2CCCCC2)cc1)(c1ccc2c(ccc4ccccc42)c1)C=C3. The smallest absolute Gasteiger partial charge is 0.178 e. The van der Waals surface area contributed by atoms with Crippen LogP contribution in [0, 0.1) is 6.92 Å². The molecule has 0 bridgehead atoms. The molecular weight excluding hydrogens is 607 g/mol. The third-order valence-corrected chi connectivity index (χ3v) is 11.9. The summed E-state index contributed by atoms with van der Waals surface area (Å²) in [6.07, 6.45) is 8.57. The maximum absolute atomic E-state index is 7.67. The van der Waals surface area contributed by atoms with Crippen molar-refractivity contribution in [3.8, 4) is 16.9 Å². The Morgan fingerprint density at radius 2 is 1.32 bits per heavy atom. The molecule has 244 valence electrons. The lowest BCUT2D eigenvalue weighted by Gasteiger charge is -2.39. The Hall–Kier alpha value is -5.34. The largest absolute Gasteiger partial charge is 0.472 e. The molecular formula is C48H41NO. The Morgan fingerprint density at radius 1 is 0.620 bits per heavy atom. The highest BCUT2D eigenvalue weighted by atomic mass is 16.5. The average Bonchev–Trinajstić information content (AvgIpc) is 3.40. The van der Waals surface area contributed by atoms with Crippen molar-refractivity contribution in [3.63, 3.8) is 0 Å². The molecule has 1 atom stereocenters. The van der Waals surface area contributed by atoms with E-state index in [1.165, 1.54) is 85.3 Å². The molecule has 7 aromatic carbocycles. The number of hydrogen-bond acceptors (Lipinski definition) is 2. The van der Waals surface area contributed by atoms with Gasteiger partial charge in [-0.15, -0.1) is 0 Å². The second-order valence-electron chi connectivity index (χ2n) is 15.2. The van der Waals surface area contributed by atoms with Gasteiger partial charge in [-0.25, -0.2) is 0 Å². The molecule has 0 amide bonds. The quantitative estimate of drug-likeness (QED) is 0.177. The zero-order valence-corrected chi connectivity index (χ0v) is 29.1. The number of benzene rings is 7. The van der Waals surface area contributed by atoms with E-state index in [0.29, 0.717) is 0 Å². The van der Waals surface area contributed by atoms with Crippen LogP contribution in [0.3, 0.4) is 0 Å². The Balaban J connectivity index is 1.21. The lowest BCUT2D eigenvalue weighted by atomic mass is 9.76. The van der Waals surface area contributed by atoms with E-state index in [1.54, 1.807) is 0 Å². The highest BCUT2D eigenvalue weighted by Crippen LogP contribution is 2.58. The van der Waals surface area contributed by atoms with Gasteiger partial charge in [0.25, 0.3) is 0 Å². The Labute approximate surface area is 294 Å². The standard InChI is InChI=1S/C48H41NO/c1-31-15-23-41-43(29-31)47(2,3)45-42-25-26-48(50-46(42)40-14-8-7-13-39(40)44(41)45,34-18-21-36(22-19-34)49-27-9-4-10-28-49)35-20-24-38-33(30-35)17-16-32-11-5-6-12-37(32)38/h5-8,11-26,29-30H,4,9-10,27-28H2,1-3H3. The summed E-state index contributed by atoms with van der Waals surface area (Å²) in [5.74, 6) is 0.971. The van der Waals surface area contributed by atoms with Gasteiger partial charge in [0.15, 0.2) is 5.60 Å². The molecule has 2 aliphatic heterocycles. The number of anilines is 1. The maximum Gasteiger partial charge on any atom is 0.178 e. The van der Waals surface area contributed by atoms with Crippen molar-refractivity contribution in [2.75, 3.05) is 18.0 Å². The van der Waals surface area contributed by atoms with Gasteiger partial charge in [-0.2, -0.15) is 0 Å². The van der Waals surface area contributed by atoms with Crippen LogP contribution in [-0.2, 0) is 11.0 Å². The summed E-state index contributed by atoms with van der Waals surface area (Å²) in [6.45, 7) is 9.22. The summed E-state index contributed by atoms with van der Waals surface area (Å²) in [4.78, 5) is 2.53. The van der Waals surface area contributed by atoms with Crippen LogP contribution in [0.4, 0.5) is 5.69 Å². The number of piperidine rings is 1. The second-order valence-corrected chi connectivity index (χ2v) is 15.2. The molecule has 1 fully saturated rings. The van der Waals surface area contributed by atoms with E-state index in [1.807, 2.05) is 0 Å². The van der Waals surface area contributed by atoms with E-state index in [2.05, 4.69) is 159 Å². The van der Waals surface area contributed by atoms with Gasteiger partial charge >= 0.3 is 0 Å². The van der Waals surface area contributed by atoms with Crippen LogP contribution in [0.25, 0.3) is 49.5 Å². The monoisotopic (exact) mass is 647 g/mol. The molecule has 50 heavy (non-hydrogen) atoms. The summed E-state index contributed by atoms with van der Waals surface area (Å²) in [6, 6.07) is 45.2. The van der Waals surface area contributed by atoms with E-state index in [-0.39, 0.29) is 5.41 Å². The fraction of sp³-hybridized carbons (Fsp3) is 0.208. The first kappa shape index (κ1) is 29.6. The van der Waals surface area contributed by atoms with Crippen molar-refractivity contribution in [3.05, 3.63) is 161 Å². The summed E-state index contributed by atoms with van der Waals surface area (Å²) < 4.78 is 7.67. The minimum atomic E-state index is -0.809. The minimum Gasteiger partial charge on any atom is -0.472 e. The lowest BCUT2D eigenvalue weighted by molar-refractivity contribution is 0.163. The van der Waals surface area contributed by atoms with Crippen LogP contribution < -0.4 is 9.64 Å². The first-order valence-electron chi connectivity index (χ1n) is 18.3. The van der Waals surface area contributed by atoms with Crippen molar-refractivity contribution in [1.82, 2.24) is 0 Å². The molecule has 0 radical (unpaired) electrons. The van der Waals surface area contributed by atoms with Crippen LogP contribution in [-0.4, -0.2) is 13.1 Å². The first-order chi connectivity index (χ1) is 24.4. The van der Waals surface area contributed by atoms with Gasteiger partial charge in [-0.3, -0.25) is 0 Å². The Morgan fingerprint density at radius 3 is 2.14 bits per heavy atom. The number of aryl methyl sites for hydroxylation is 1. The predicted molar refractivity (Wildman–Crippen MR) is 211 cm³/mol. The molecule has 0 spiro atoms. The molecule has 10 rings (SSSR count). The number of hydrogen-bond donors (Lipinski definition) is 0. The highest BCUT2D eigenvalue weighted by molar-refractivity contribution is 6.09. The fourth-order valence-corrected chi connectivity index (χ4v) is 9.34. The summed E-state index contributed by atoms with van der Waals surface area (Å²) in [5, 5.41) is 7.44. The molecule has 0 aromatic heterocycles. The van der Waals surface area contributed by atoms with Gasteiger partial charge in [0.2, 0.25) is 0 Å². The van der Waals surface area contributed by atoms with Gasteiger partial charge in [0.1, 0.15) is 5.75 Å². The fourth-order valence-electron chi connectivity index (χ4n) is 9.34. The van der Waals surface area contributed by atoms with Gasteiger partial charge in [-0.1, -0.05) is 129 Å². The number of ether oxygens (including phenoxy) is 1. The van der Waals surface area contributed by atoms with Gasteiger partial charge in [0.05, 0.1) is 0 Å². The highest BCUT2D eigenvalue weighted by Gasteiger charge is 2.44. The molecule has 1 unspecified atom stereocenters. The van der Waals surface area contributed by atoms with Crippen molar-refractivity contribution in [2.24, 2.45) is 0 Å². The van der Waals surface area contributed by atoms with E-state index >= 15 is 0 Å². The van der Waals surface area contributed by atoms with Crippen LogP contribution >= 0.6 is 0 Å². The van der Waals surface area contributed by atoms with Crippen molar-refractivity contribution in [1.29, 1.82) is 0 Å². The minimum absolute atomic E-state index is 0.168. The molecule has 3 aliphatic rings. The van der Waals surface area contributed by atoms with Crippen molar-refractivity contribution in [2.45, 2.75) is 51.0 Å². The summed E-state index contributed by atoms with van der Waals surface area (Å²) >= 11 is 0. The molecule has 2 heterocycles. The summed E-state index contributed by atoms with van der Waals surface area (Å²) in [7, 11) is 0. The van der Waals surface area contributed by atoms with Crippen LogP contribution in [0.2, 0.25) is 0 Å². The normalized spacial score (nSPS) is 19.0. The molecule has 1 saturated heterocycles. The average molecular weight is 648 g/mol. The zero-order valence-electron chi connectivity index (χ0n) is 29.1. The zero-order chi connectivity index (χ0) is 33.6. The Bertz CT molecular complexity index is 2530. The second kappa shape index (κ2) is 10.8. The van der Waals surface area contributed by atoms with Crippen LogP contribution in [0.15, 0.2) is 127 Å². The first-order valence-corrected chi connectivity index (χ1v) is 18.3. The number of rotatable bonds is 3. The number of fused-ring (bicyclic) bond motifs is 11. The molecule has 2 heteroatoms. The predicted octanol–water partition coefficient (Wildman–Crippen LogP) is 12.1. The third-order valence-electron chi connectivity index (χ3n) is 11.9. The molecule has 0 N–H and O–H groups in total. The summed E-state index contributed by atoms with van der Waals surface area (Å²) in [5.41, 5.74) is 10.5. The van der Waals surface area contributed by atoms with Gasteiger partial charge in [-0.05, 0) is 99.6 Å². The van der Waals surface area contributed by atoms with Crippen molar-refractivity contribution >= 4 is 44.1 Å². The molecule has 2 nitrogen and oxygen atoms in total. The van der Waals surface area contributed by atoms with Gasteiger partial charge in [0, 0.05) is 46.3 Å². The lowest BCUT2D eigenvalue weighted by Crippen LogP contribution is -2.35. The van der Waals surface area contributed by atoms with E-state index in [4.69, 9.17) is 4.74 Å². The molecule has 0 saturated carbocycles. The van der Waals surface area contributed by atoms with E-state index in [0.717, 1.165) is 35.4 Å². The van der Waals surface area contributed by atoms with Crippen molar-refractivity contribution < 1.29 is 4.74 Å². The maximum atomic E-state index is 7.67. The van der Waals surface area contributed by atoms with Crippen LogP contribution in [0.1, 0.15) is 66.5 Å². The number of nitrogens with zero attached hydrogens (tertiary/aromatic N) is 1. The van der Waals surface area contributed by atoms with Crippen LogP contribution in [0.5, 0.6) is 5.75 Å². The third kappa shape index (κ3) is 4.21. The van der Waals surface area contributed by atoms with E-state index in [9.17, 15) is 0 Å².